The summed E-state index contributed by atoms with van der Waals surface area (Å²) in [6.45, 7) is 2.94. The predicted octanol–water partition coefficient (Wildman–Crippen LogP) is 1.80. The van der Waals surface area contributed by atoms with E-state index in [1.807, 2.05) is 0 Å². The minimum absolute atomic E-state index is 0.0584. The maximum absolute atomic E-state index is 12.1. The van der Waals surface area contributed by atoms with Crippen molar-refractivity contribution < 1.29 is 18.3 Å². The van der Waals surface area contributed by atoms with Gasteiger partial charge in [-0.25, -0.2) is 8.42 Å². The summed E-state index contributed by atoms with van der Waals surface area (Å²) in [5.41, 5.74) is 0. The van der Waals surface area contributed by atoms with Crippen LogP contribution in [0.5, 0.6) is 0 Å². The van der Waals surface area contributed by atoms with E-state index in [0.717, 1.165) is 15.6 Å². The Morgan fingerprint density at radius 3 is 2.47 bits per heavy atom. The minimum atomic E-state index is -3.81. The number of aryl methyl sites for hydroxylation is 1. The van der Waals surface area contributed by atoms with Crippen molar-refractivity contribution in [1.82, 2.24) is 4.31 Å². The number of hydrogen-bond donors (Lipinski definition) is 1. The van der Waals surface area contributed by atoms with Crippen LogP contribution in [-0.2, 0) is 14.8 Å². The maximum atomic E-state index is 12.1. The third-order valence-corrected chi connectivity index (χ3v) is 5.77. The Bertz CT molecular complexity index is 537. The molecule has 0 aromatic carbocycles. The lowest BCUT2D eigenvalue weighted by Crippen LogP contribution is -2.40. The van der Waals surface area contributed by atoms with Gasteiger partial charge in [0, 0.05) is 11.9 Å². The molecule has 1 atom stereocenters. The molecule has 1 rings (SSSR count). The van der Waals surface area contributed by atoms with Gasteiger partial charge in [-0.05, 0) is 19.9 Å². The molecule has 0 aliphatic rings. The number of rotatable bonds is 4. The van der Waals surface area contributed by atoms with E-state index in [1.165, 1.54) is 20.0 Å². The van der Waals surface area contributed by atoms with Gasteiger partial charge in [0.1, 0.15) is 6.04 Å². The highest BCUT2D eigenvalue weighted by atomic mass is 35.5. The van der Waals surface area contributed by atoms with Crippen LogP contribution in [0.2, 0.25) is 4.34 Å². The lowest BCUT2D eigenvalue weighted by Gasteiger charge is -2.20. The van der Waals surface area contributed by atoms with Gasteiger partial charge in [-0.15, -0.1) is 11.3 Å². The van der Waals surface area contributed by atoms with Gasteiger partial charge in [0.2, 0.25) is 10.0 Å². The van der Waals surface area contributed by atoms with E-state index in [9.17, 15) is 13.2 Å². The number of carboxylic acids is 1. The number of hydrogen-bond acceptors (Lipinski definition) is 4. The number of carboxylic acid groups (broad SMARTS) is 1. The van der Waals surface area contributed by atoms with Crippen molar-refractivity contribution in [3.63, 3.8) is 0 Å². The second-order valence-corrected chi connectivity index (χ2v) is 7.36. The molecule has 0 saturated heterocycles. The Balaban J connectivity index is 3.20. The molecule has 5 nitrogen and oxygen atoms in total. The van der Waals surface area contributed by atoms with Crippen molar-refractivity contribution in [3.8, 4) is 0 Å². The van der Waals surface area contributed by atoms with E-state index in [1.54, 1.807) is 6.92 Å². The first-order valence-electron chi connectivity index (χ1n) is 4.64. The number of halogens is 1. The Kier molecular flexibility index (Phi) is 4.19. The average molecular weight is 298 g/mol. The molecule has 0 radical (unpaired) electrons. The summed E-state index contributed by atoms with van der Waals surface area (Å²) >= 11 is 6.88. The fourth-order valence-corrected chi connectivity index (χ4v) is 4.32. The van der Waals surface area contributed by atoms with Gasteiger partial charge in [-0.3, -0.25) is 4.79 Å². The fraction of sp³-hybridized carbons (Fsp3) is 0.444. The molecule has 0 saturated carbocycles. The third kappa shape index (κ3) is 2.79. The minimum Gasteiger partial charge on any atom is -0.480 e. The van der Waals surface area contributed by atoms with Gasteiger partial charge in [0.25, 0.3) is 0 Å². The SMILES string of the molecule is Cc1sc(Cl)cc1S(=O)(=O)N(C)[C@H](C)C(=O)O. The van der Waals surface area contributed by atoms with Crippen LogP contribution in [0.15, 0.2) is 11.0 Å². The fourth-order valence-electron chi connectivity index (χ4n) is 1.21. The summed E-state index contributed by atoms with van der Waals surface area (Å²) in [6, 6.07) is 0.208. The lowest BCUT2D eigenvalue weighted by atomic mass is 10.4. The van der Waals surface area contributed by atoms with Crippen molar-refractivity contribution >= 4 is 38.9 Å². The maximum Gasteiger partial charge on any atom is 0.321 e. The molecular weight excluding hydrogens is 286 g/mol. The molecule has 1 N–H and O–H groups in total. The summed E-state index contributed by atoms with van der Waals surface area (Å²) in [5, 5.41) is 8.81. The summed E-state index contributed by atoms with van der Waals surface area (Å²) in [6.07, 6.45) is 0. The zero-order valence-electron chi connectivity index (χ0n) is 9.47. The molecule has 1 aromatic heterocycles. The van der Waals surface area contributed by atoms with Crippen LogP contribution in [0.4, 0.5) is 0 Å². The monoisotopic (exact) mass is 297 g/mol. The normalized spacial score (nSPS) is 13.9. The van der Waals surface area contributed by atoms with Gasteiger partial charge in [0.05, 0.1) is 9.23 Å². The van der Waals surface area contributed by atoms with Crippen molar-refractivity contribution in [2.45, 2.75) is 24.8 Å². The Morgan fingerprint density at radius 2 is 2.12 bits per heavy atom. The van der Waals surface area contributed by atoms with Crippen LogP contribution < -0.4 is 0 Å². The number of carbonyl (C=O) groups is 1. The number of likely N-dealkylation sites (N-methyl/N-ethyl adjacent to an activating group) is 1. The Hall–Kier alpha value is -0.630. The molecule has 1 aromatic rings. The summed E-state index contributed by atoms with van der Waals surface area (Å²) in [4.78, 5) is 11.4. The topological polar surface area (TPSA) is 74.7 Å². The molecule has 96 valence electrons. The standard InChI is InChI=1S/C9H12ClNO4S2/c1-5(9(12)13)11(3)17(14,15)7-4-8(10)16-6(7)2/h4-5H,1-3H3,(H,12,13)/t5-/m1/s1. The van der Waals surface area contributed by atoms with E-state index in [4.69, 9.17) is 16.7 Å². The number of sulfonamides is 1. The highest BCUT2D eigenvalue weighted by molar-refractivity contribution is 7.89. The van der Waals surface area contributed by atoms with Gasteiger partial charge >= 0.3 is 5.97 Å². The number of thiophene rings is 1. The predicted molar refractivity (Wildman–Crippen MR) is 66.1 cm³/mol. The Morgan fingerprint density at radius 1 is 1.59 bits per heavy atom. The molecule has 0 aliphatic heterocycles. The number of nitrogens with zero attached hydrogens (tertiary/aromatic N) is 1. The van der Waals surface area contributed by atoms with Crippen LogP contribution in [0, 0.1) is 6.92 Å². The van der Waals surface area contributed by atoms with Gasteiger partial charge in [0.15, 0.2) is 0 Å². The molecule has 0 bridgehead atoms. The van der Waals surface area contributed by atoms with Crippen LogP contribution in [-0.4, -0.2) is 36.9 Å². The number of aliphatic carboxylic acids is 1. The van der Waals surface area contributed by atoms with Crippen molar-refractivity contribution in [2.24, 2.45) is 0 Å². The van der Waals surface area contributed by atoms with Gasteiger partial charge in [-0.2, -0.15) is 4.31 Å². The second kappa shape index (κ2) is 4.93. The zero-order valence-corrected chi connectivity index (χ0v) is 11.9. The average Bonchev–Trinajstić information content (AvgIpc) is 2.56. The van der Waals surface area contributed by atoms with Crippen molar-refractivity contribution in [3.05, 3.63) is 15.3 Å². The van der Waals surface area contributed by atoms with E-state index < -0.39 is 22.0 Å². The highest BCUT2D eigenvalue weighted by Crippen LogP contribution is 2.31. The molecular formula is C9H12ClNO4S2. The lowest BCUT2D eigenvalue weighted by molar-refractivity contribution is -0.140. The first kappa shape index (κ1) is 14.4. The molecule has 0 aliphatic carbocycles. The molecule has 0 spiro atoms. The van der Waals surface area contributed by atoms with E-state index in [2.05, 4.69) is 0 Å². The van der Waals surface area contributed by atoms with E-state index in [-0.39, 0.29) is 4.90 Å². The zero-order chi connectivity index (χ0) is 13.4. The molecule has 0 amide bonds. The first-order valence-corrected chi connectivity index (χ1v) is 7.28. The largest absolute Gasteiger partial charge is 0.480 e. The quantitative estimate of drug-likeness (QED) is 0.919. The van der Waals surface area contributed by atoms with Crippen molar-refractivity contribution in [2.75, 3.05) is 7.05 Å². The smallest absolute Gasteiger partial charge is 0.321 e. The molecule has 1 heterocycles. The van der Waals surface area contributed by atoms with E-state index >= 15 is 0 Å². The highest BCUT2D eigenvalue weighted by Gasteiger charge is 2.31. The molecule has 0 fully saturated rings. The summed E-state index contributed by atoms with van der Waals surface area (Å²) < 4.78 is 25.4. The third-order valence-electron chi connectivity index (χ3n) is 2.40. The van der Waals surface area contributed by atoms with Crippen LogP contribution in [0.1, 0.15) is 11.8 Å². The molecule has 17 heavy (non-hydrogen) atoms. The van der Waals surface area contributed by atoms with E-state index in [0.29, 0.717) is 9.21 Å². The van der Waals surface area contributed by atoms with Gasteiger partial charge in [-0.1, -0.05) is 11.6 Å². The molecule has 0 unspecified atom stereocenters. The molecule has 8 heteroatoms. The van der Waals surface area contributed by atoms with Crippen LogP contribution in [0.3, 0.4) is 0 Å². The Labute approximate surface area is 109 Å². The van der Waals surface area contributed by atoms with Gasteiger partial charge < -0.3 is 5.11 Å². The van der Waals surface area contributed by atoms with Crippen LogP contribution in [0.25, 0.3) is 0 Å². The van der Waals surface area contributed by atoms with Crippen molar-refractivity contribution in [1.29, 1.82) is 0 Å². The summed E-state index contributed by atoms with van der Waals surface area (Å²) in [7, 11) is -2.58. The van der Waals surface area contributed by atoms with Crippen LogP contribution >= 0.6 is 22.9 Å². The first-order chi connectivity index (χ1) is 7.67. The summed E-state index contributed by atoms with van der Waals surface area (Å²) in [5.74, 6) is -1.20. The second-order valence-electron chi connectivity index (χ2n) is 3.51.